The normalized spacial score (nSPS) is 19.2. The lowest BCUT2D eigenvalue weighted by Gasteiger charge is -2.44. The van der Waals surface area contributed by atoms with Crippen molar-refractivity contribution in [2.45, 2.75) is 37.7 Å². The van der Waals surface area contributed by atoms with E-state index in [4.69, 9.17) is 9.47 Å². The van der Waals surface area contributed by atoms with Gasteiger partial charge in [0.25, 0.3) is 0 Å². The molecule has 1 fully saturated rings. The molecule has 0 N–H and O–H groups in total. The molecule has 25 heavy (non-hydrogen) atoms. The summed E-state index contributed by atoms with van der Waals surface area (Å²) in [7, 11) is 0. The molecule has 1 saturated heterocycles. The molecular formula is C22H27NO2. The zero-order valence-electron chi connectivity index (χ0n) is 14.8. The van der Waals surface area contributed by atoms with Gasteiger partial charge >= 0.3 is 0 Å². The number of para-hydroxylation sites is 2. The summed E-state index contributed by atoms with van der Waals surface area (Å²) < 4.78 is 12.2. The predicted molar refractivity (Wildman–Crippen MR) is 100 cm³/mol. The summed E-state index contributed by atoms with van der Waals surface area (Å²) in [6.07, 6.45) is 5.67. The second-order valence-electron chi connectivity index (χ2n) is 7.25. The highest BCUT2D eigenvalue weighted by Gasteiger charge is 2.39. The van der Waals surface area contributed by atoms with Crippen LogP contribution in [0.25, 0.3) is 0 Å². The lowest BCUT2D eigenvalue weighted by atomic mass is 9.83. The molecule has 2 aliphatic heterocycles. The number of rotatable bonds is 5. The summed E-state index contributed by atoms with van der Waals surface area (Å²) in [5.74, 6) is 2.08. The first-order chi connectivity index (χ1) is 12.3. The van der Waals surface area contributed by atoms with E-state index in [-0.39, 0.29) is 5.60 Å². The van der Waals surface area contributed by atoms with Gasteiger partial charge in [-0.2, -0.15) is 0 Å². The minimum absolute atomic E-state index is 0.0748. The van der Waals surface area contributed by atoms with E-state index in [9.17, 15) is 0 Å². The number of ether oxygens (including phenoxy) is 2. The van der Waals surface area contributed by atoms with E-state index in [1.807, 2.05) is 30.3 Å². The SMILES string of the molecule is c1ccc(OCCCN2CCC3(CCc4ccccc4O3)CC2)cc1. The number of hydrogen-bond donors (Lipinski definition) is 0. The van der Waals surface area contributed by atoms with Gasteiger partial charge in [0, 0.05) is 19.6 Å². The first-order valence-electron chi connectivity index (χ1n) is 9.50. The third-order valence-corrected chi connectivity index (χ3v) is 5.55. The summed E-state index contributed by atoms with van der Waals surface area (Å²) in [6.45, 7) is 4.16. The molecular weight excluding hydrogens is 310 g/mol. The van der Waals surface area contributed by atoms with Gasteiger partial charge in [0.05, 0.1) is 6.61 Å². The molecule has 0 aromatic heterocycles. The maximum atomic E-state index is 6.44. The Morgan fingerprint density at radius 1 is 0.920 bits per heavy atom. The van der Waals surface area contributed by atoms with E-state index in [1.165, 1.54) is 5.56 Å². The molecule has 2 aromatic carbocycles. The van der Waals surface area contributed by atoms with Crippen molar-refractivity contribution in [1.29, 1.82) is 0 Å². The highest BCUT2D eigenvalue weighted by atomic mass is 16.5. The van der Waals surface area contributed by atoms with Gasteiger partial charge in [-0.1, -0.05) is 36.4 Å². The topological polar surface area (TPSA) is 21.7 Å². The van der Waals surface area contributed by atoms with E-state index in [0.29, 0.717) is 0 Å². The molecule has 0 bridgehead atoms. The van der Waals surface area contributed by atoms with Crippen LogP contribution in [0.15, 0.2) is 54.6 Å². The Morgan fingerprint density at radius 2 is 1.68 bits per heavy atom. The van der Waals surface area contributed by atoms with Crippen LogP contribution >= 0.6 is 0 Å². The molecule has 3 nitrogen and oxygen atoms in total. The molecule has 2 heterocycles. The van der Waals surface area contributed by atoms with Crippen LogP contribution in [0, 0.1) is 0 Å². The van der Waals surface area contributed by atoms with Crippen molar-refractivity contribution in [2.75, 3.05) is 26.2 Å². The van der Waals surface area contributed by atoms with Crippen molar-refractivity contribution in [3.05, 3.63) is 60.2 Å². The van der Waals surface area contributed by atoms with Crippen molar-refractivity contribution in [3.8, 4) is 11.5 Å². The van der Waals surface area contributed by atoms with Gasteiger partial charge < -0.3 is 14.4 Å². The fraction of sp³-hybridized carbons (Fsp3) is 0.455. The van der Waals surface area contributed by atoms with Crippen LogP contribution in [0.3, 0.4) is 0 Å². The van der Waals surface area contributed by atoms with Gasteiger partial charge in [-0.05, 0) is 55.9 Å². The van der Waals surface area contributed by atoms with Crippen molar-refractivity contribution < 1.29 is 9.47 Å². The quantitative estimate of drug-likeness (QED) is 0.759. The van der Waals surface area contributed by atoms with Gasteiger partial charge in [-0.3, -0.25) is 0 Å². The van der Waals surface area contributed by atoms with Crippen molar-refractivity contribution in [3.63, 3.8) is 0 Å². The Labute approximate surface area is 150 Å². The fourth-order valence-electron chi connectivity index (χ4n) is 3.99. The van der Waals surface area contributed by atoms with Crippen LogP contribution < -0.4 is 9.47 Å². The Balaban J connectivity index is 1.21. The summed E-state index contributed by atoms with van der Waals surface area (Å²) in [5, 5.41) is 0. The van der Waals surface area contributed by atoms with Crippen LogP contribution in [0.2, 0.25) is 0 Å². The molecule has 0 amide bonds. The molecule has 0 saturated carbocycles. The Kier molecular flexibility index (Phi) is 4.93. The van der Waals surface area contributed by atoms with Crippen LogP contribution in [0.5, 0.6) is 11.5 Å². The number of benzene rings is 2. The third-order valence-electron chi connectivity index (χ3n) is 5.55. The van der Waals surface area contributed by atoms with Crippen LogP contribution in [0.1, 0.15) is 31.2 Å². The molecule has 1 spiro atoms. The molecule has 0 aliphatic carbocycles. The average Bonchev–Trinajstić information content (AvgIpc) is 2.67. The lowest BCUT2D eigenvalue weighted by molar-refractivity contribution is -0.0151. The Hall–Kier alpha value is -2.00. The van der Waals surface area contributed by atoms with E-state index in [0.717, 1.165) is 69.8 Å². The van der Waals surface area contributed by atoms with E-state index >= 15 is 0 Å². The molecule has 0 radical (unpaired) electrons. The van der Waals surface area contributed by atoms with E-state index in [1.54, 1.807) is 0 Å². The molecule has 4 rings (SSSR count). The number of piperidine rings is 1. The molecule has 0 atom stereocenters. The van der Waals surface area contributed by atoms with Gasteiger partial charge in [0.1, 0.15) is 17.1 Å². The summed E-state index contributed by atoms with van der Waals surface area (Å²) in [5.41, 5.74) is 1.44. The van der Waals surface area contributed by atoms with Crippen molar-refractivity contribution >= 4 is 0 Å². The van der Waals surface area contributed by atoms with Crippen LogP contribution in [0.4, 0.5) is 0 Å². The fourth-order valence-corrected chi connectivity index (χ4v) is 3.99. The number of fused-ring (bicyclic) bond motifs is 1. The van der Waals surface area contributed by atoms with Gasteiger partial charge in [0.15, 0.2) is 0 Å². The maximum absolute atomic E-state index is 6.44. The zero-order valence-corrected chi connectivity index (χ0v) is 14.8. The minimum atomic E-state index is 0.0748. The summed E-state index contributed by atoms with van der Waals surface area (Å²) in [4.78, 5) is 2.56. The molecule has 0 unspecified atom stereocenters. The smallest absolute Gasteiger partial charge is 0.123 e. The number of nitrogens with zero attached hydrogens (tertiary/aromatic N) is 1. The Bertz CT molecular complexity index is 677. The van der Waals surface area contributed by atoms with Crippen molar-refractivity contribution in [2.24, 2.45) is 0 Å². The largest absolute Gasteiger partial charge is 0.494 e. The third kappa shape index (κ3) is 3.98. The second kappa shape index (κ2) is 7.49. The number of likely N-dealkylation sites (tertiary alicyclic amines) is 1. The van der Waals surface area contributed by atoms with Gasteiger partial charge in [0.2, 0.25) is 0 Å². The number of hydrogen-bond acceptors (Lipinski definition) is 3. The maximum Gasteiger partial charge on any atom is 0.123 e. The first-order valence-corrected chi connectivity index (χ1v) is 9.50. The molecule has 3 heteroatoms. The predicted octanol–water partition coefficient (Wildman–Crippen LogP) is 4.32. The summed E-state index contributed by atoms with van der Waals surface area (Å²) >= 11 is 0. The highest BCUT2D eigenvalue weighted by molar-refractivity contribution is 5.36. The lowest BCUT2D eigenvalue weighted by Crippen LogP contribution is -2.49. The molecule has 132 valence electrons. The average molecular weight is 337 g/mol. The highest BCUT2D eigenvalue weighted by Crippen LogP contribution is 2.39. The van der Waals surface area contributed by atoms with E-state index in [2.05, 4.69) is 29.2 Å². The van der Waals surface area contributed by atoms with Gasteiger partial charge in [-0.15, -0.1) is 0 Å². The van der Waals surface area contributed by atoms with Crippen molar-refractivity contribution in [1.82, 2.24) is 4.90 Å². The second-order valence-corrected chi connectivity index (χ2v) is 7.25. The summed E-state index contributed by atoms with van der Waals surface area (Å²) in [6, 6.07) is 18.6. The van der Waals surface area contributed by atoms with Gasteiger partial charge in [-0.25, -0.2) is 0 Å². The first kappa shape index (κ1) is 16.5. The molecule has 2 aliphatic rings. The zero-order chi connectivity index (χ0) is 17.0. The van der Waals surface area contributed by atoms with Crippen LogP contribution in [-0.4, -0.2) is 36.7 Å². The monoisotopic (exact) mass is 337 g/mol. The number of aryl methyl sites for hydroxylation is 1. The van der Waals surface area contributed by atoms with E-state index < -0.39 is 0 Å². The Morgan fingerprint density at radius 3 is 2.52 bits per heavy atom. The minimum Gasteiger partial charge on any atom is -0.494 e. The molecule has 2 aromatic rings. The standard InChI is InChI=1S/C22H27NO2/c1-2-8-20(9-3-1)24-18-6-15-23-16-13-22(14-17-23)12-11-19-7-4-5-10-21(19)25-22/h1-5,7-10H,6,11-18H2. The van der Waals surface area contributed by atoms with Crippen LogP contribution in [-0.2, 0) is 6.42 Å².